The molecule has 0 aliphatic carbocycles. The third-order valence-electron chi connectivity index (χ3n) is 5.62. The Balaban J connectivity index is 1.36. The van der Waals surface area contributed by atoms with Crippen LogP contribution in [0.2, 0.25) is 0 Å². The molecule has 1 atom stereocenters. The predicted octanol–water partition coefficient (Wildman–Crippen LogP) is 3.44. The van der Waals surface area contributed by atoms with Gasteiger partial charge in [0.05, 0.1) is 47.9 Å². The maximum Gasteiger partial charge on any atom is 0.0972 e. The van der Waals surface area contributed by atoms with Crippen molar-refractivity contribution in [2.24, 2.45) is 0 Å². The van der Waals surface area contributed by atoms with Gasteiger partial charge >= 0.3 is 0 Å². The van der Waals surface area contributed by atoms with Crippen molar-refractivity contribution < 1.29 is 0 Å². The van der Waals surface area contributed by atoms with Crippen LogP contribution in [0.25, 0.3) is 11.4 Å². The Morgan fingerprint density at radius 2 is 1.26 bits per heavy atom. The highest BCUT2D eigenvalue weighted by molar-refractivity contribution is 5.29. The van der Waals surface area contributed by atoms with Gasteiger partial charge in [-0.25, -0.2) is 0 Å². The number of aryl methyl sites for hydroxylation is 1. The first-order valence-corrected chi connectivity index (χ1v) is 11.3. The highest BCUT2D eigenvalue weighted by Crippen LogP contribution is 2.14. The largest absolute Gasteiger partial charge is 0.287 e. The number of para-hydroxylation sites is 2. The van der Waals surface area contributed by atoms with Crippen LogP contribution in [0.4, 0.5) is 0 Å². The van der Waals surface area contributed by atoms with Crippen molar-refractivity contribution in [1.82, 2.24) is 44.7 Å². The summed E-state index contributed by atoms with van der Waals surface area (Å²) in [5.41, 5.74) is 4.80. The van der Waals surface area contributed by atoms with Crippen LogP contribution in [0.3, 0.4) is 0 Å². The van der Waals surface area contributed by atoms with Crippen LogP contribution >= 0.6 is 0 Å². The number of rotatable bonds is 9. The zero-order chi connectivity index (χ0) is 23.3. The summed E-state index contributed by atoms with van der Waals surface area (Å²) in [6.07, 6.45) is 7.59. The Kier molecular flexibility index (Phi) is 6.26. The molecule has 34 heavy (non-hydrogen) atoms. The molecule has 3 aromatic heterocycles. The van der Waals surface area contributed by atoms with Crippen molar-refractivity contribution in [2.75, 3.05) is 0 Å². The molecule has 1 unspecified atom stereocenters. The van der Waals surface area contributed by atoms with E-state index in [2.05, 4.69) is 40.2 Å². The molecule has 0 aliphatic heterocycles. The fraction of sp³-hybridized carbons (Fsp3) is 0.240. The van der Waals surface area contributed by atoms with Gasteiger partial charge in [0, 0.05) is 25.3 Å². The van der Waals surface area contributed by atoms with Gasteiger partial charge in [0.1, 0.15) is 0 Å². The number of hydrogen-bond donors (Lipinski definition) is 0. The summed E-state index contributed by atoms with van der Waals surface area (Å²) in [6, 6.07) is 20.0. The first-order valence-electron chi connectivity index (χ1n) is 11.3. The van der Waals surface area contributed by atoms with Crippen LogP contribution in [0.5, 0.6) is 0 Å². The molecule has 0 aliphatic rings. The van der Waals surface area contributed by atoms with E-state index in [-0.39, 0.29) is 6.04 Å². The molecule has 0 amide bonds. The topological polar surface area (TPSA) is 82.5 Å². The Hall–Kier alpha value is -4.11. The molecule has 5 aromatic rings. The lowest BCUT2D eigenvalue weighted by molar-refractivity contribution is 0.165. The minimum Gasteiger partial charge on any atom is -0.287 e. The van der Waals surface area contributed by atoms with Crippen LogP contribution in [0.1, 0.15) is 23.9 Å². The molecular weight excluding hydrogens is 426 g/mol. The molecule has 0 radical (unpaired) electrons. The van der Waals surface area contributed by atoms with Crippen molar-refractivity contribution in [3.05, 3.63) is 102 Å². The normalized spacial score (nSPS) is 12.3. The molecule has 9 heteroatoms. The van der Waals surface area contributed by atoms with E-state index in [1.54, 1.807) is 9.59 Å². The molecule has 0 fully saturated rings. The van der Waals surface area contributed by atoms with Gasteiger partial charge in [0.15, 0.2) is 0 Å². The summed E-state index contributed by atoms with van der Waals surface area (Å²) >= 11 is 0. The average Bonchev–Trinajstić information content (AvgIpc) is 3.62. The predicted molar refractivity (Wildman–Crippen MR) is 128 cm³/mol. The maximum atomic E-state index is 4.71. The second-order valence-corrected chi connectivity index (χ2v) is 8.42. The maximum absolute atomic E-state index is 4.71. The van der Waals surface area contributed by atoms with Gasteiger partial charge in [-0.1, -0.05) is 36.4 Å². The van der Waals surface area contributed by atoms with Crippen LogP contribution in [0.15, 0.2) is 85.5 Å². The number of nitrogens with zero attached hydrogens (tertiary/aromatic N) is 9. The average molecular weight is 454 g/mol. The van der Waals surface area contributed by atoms with Crippen molar-refractivity contribution >= 4 is 0 Å². The zero-order valence-electron chi connectivity index (χ0n) is 19.3. The highest BCUT2D eigenvalue weighted by Gasteiger charge is 2.19. The molecule has 172 valence electrons. The van der Waals surface area contributed by atoms with Gasteiger partial charge in [-0.2, -0.15) is 35.1 Å². The summed E-state index contributed by atoms with van der Waals surface area (Å²) in [4.78, 5) is 5.66. The molecule has 0 saturated heterocycles. The minimum absolute atomic E-state index is 0.183. The fourth-order valence-corrected chi connectivity index (χ4v) is 3.84. The van der Waals surface area contributed by atoms with Crippen LogP contribution in [0, 0.1) is 6.92 Å². The summed E-state index contributed by atoms with van der Waals surface area (Å²) in [5.74, 6) is 0. The molecule has 0 saturated carbocycles. The SMILES string of the molecule is Cc1cnn(CC(C)N(Cc2cnn(-c3ccccc3)n2)Cc2cnn(-c3ccccc3)n2)c1. The van der Waals surface area contributed by atoms with E-state index in [1.807, 2.05) is 83.9 Å². The lowest BCUT2D eigenvalue weighted by atomic mass is 10.2. The van der Waals surface area contributed by atoms with Gasteiger partial charge < -0.3 is 0 Å². The Bertz CT molecular complexity index is 1240. The van der Waals surface area contributed by atoms with E-state index in [1.165, 1.54) is 0 Å². The van der Waals surface area contributed by atoms with E-state index in [0.717, 1.165) is 34.9 Å². The van der Waals surface area contributed by atoms with E-state index >= 15 is 0 Å². The fourth-order valence-electron chi connectivity index (χ4n) is 3.84. The lowest BCUT2D eigenvalue weighted by Crippen LogP contribution is -2.35. The Morgan fingerprint density at radius 3 is 1.74 bits per heavy atom. The molecule has 3 heterocycles. The van der Waals surface area contributed by atoms with E-state index in [4.69, 9.17) is 10.2 Å². The Labute approximate surface area is 198 Å². The van der Waals surface area contributed by atoms with Crippen molar-refractivity contribution in [1.29, 1.82) is 0 Å². The van der Waals surface area contributed by atoms with Crippen molar-refractivity contribution in [3.63, 3.8) is 0 Å². The number of aromatic nitrogens is 8. The summed E-state index contributed by atoms with van der Waals surface area (Å²) in [5, 5.41) is 22.8. The second kappa shape index (κ2) is 9.80. The molecule has 0 bridgehead atoms. The van der Waals surface area contributed by atoms with E-state index < -0.39 is 0 Å². The molecule has 5 rings (SSSR count). The molecule has 0 N–H and O–H groups in total. The molecule has 0 spiro atoms. The quantitative estimate of drug-likeness (QED) is 0.340. The first-order chi connectivity index (χ1) is 16.6. The monoisotopic (exact) mass is 453 g/mol. The smallest absolute Gasteiger partial charge is 0.0972 e. The van der Waals surface area contributed by atoms with Gasteiger partial charge in [-0.05, 0) is 43.7 Å². The lowest BCUT2D eigenvalue weighted by Gasteiger charge is -2.27. The highest BCUT2D eigenvalue weighted by atomic mass is 15.5. The summed E-state index contributed by atoms with van der Waals surface area (Å²) < 4.78 is 1.98. The van der Waals surface area contributed by atoms with Gasteiger partial charge in [-0.3, -0.25) is 9.58 Å². The number of benzene rings is 2. The summed E-state index contributed by atoms with van der Waals surface area (Å²) in [7, 11) is 0. The third kappa shape index (κ3) is 5.10. The van der Waals surface area contributed by atoms with E-state index in [9.17, 15) is 0 Å². The molecule has 2 aromatic carbocycles. The second-order valence-electron chi connectivity index (χ2n) is 8.42. The molecule has 9 nitrogen and oxygen atoms in total. The van der Waals surface area contributed by atoms with Crippen LogP contribution in [-0.4, -0.2) is 50.7 Å². The van der Waals surface area contributed by atoms with Crippen LogP contribution in [-0.2, 0) is 19.6 Å². The number of hydrogen-bond acceptors (Lipinski definition) is 6. The van der Waals surface area contributed by atoms with Crippen LogP contribution < -0.4 is 0 Å². The standard InChI is InChI=1S/C25H27N9/c1-20-13-26-32(16-20)17-21(2)31(18-22-14-27-33(29-22)24-9-5-3-6-10-24)19-23-15-28-34(30-23)25-11-7-4-8-12-25/h3-16,21H,17-19H2,1-2H3. The van der Waals surface area contributed by atoms with Gasteiger partial charge in [0.2, 0.25) is 0 Å². The van der Waals surface area contributed by atoms with Crippen molar-refractivity contribution in [2.45, 2.75) is 39.5 Å². The van der Waals surface area contributed by atoms with E-state index in [0.29, 0.717) is 13.1 Å². The minimum atomic E-state index is 0.183. The van der Waals surface area contributed by atoms with Gasteiger partial charge in [-0.15, -0.1) is 0 Å². The zero-order valence-corrected chi connectivity index (χ0v) is 19.3. The molecular formula is C25H27N9. The Morgan fingerprint density at radius 1 is 0.735 bits per heavy atom. The third-order valence-corrected chi connectivity index (χ3v) is 5.62. The van der Waals surface area contributed by atoms with Crippen molar-refractivity contribution in [3.8, 4) is 11.4 Å². The summed E-state index contributed by atoms with van der Waals surface area (Å²) in [6.45, 7) is 6.27. The van der Waals surface area contributed by atoms with Gasteiger partial charge in [0.25, 0.3) is 0 Å². The first kappa shape index (κ1) is 21.7.